The summed E-state index contributed by atoms with van der Waals surface area (Å²) in [5, 5.41) is 3.25. The summed E-state index contributed by atoms with van der Waals surface area (Å²) in [5.41, 5.74) is 0. The fourth-order valence-corrected chi connectivity index (χ4v) is 1.16. The highest BCUT2D eigenvalue weighted by atomic mass is 16.5. The maximum atomic E-state index is 5.36. The number of nitrogens with one attached hydrogen (secondary N) is 1. The molecule has 0 saturated carbocycles. The third-order valence-electron chi connectivity index (χ3n) is 1.84. The lowest BCUT2D eigenvalue weighted by Gasteiger charge is -2.19. The Labute approximate surface area is 74.0 Å². The van der Waals surface area contributed by atoms with Crippen LogP contribution in [0.25, 0.3) is 0 Å². The van der Waals surface area contributed by atoms with Gasteiger partial charge in [0.05, 0.1) is 6.26 Å². The maximum Gasteiger partial charge on any atom is 0.110 e. The first kappa shape index (κ1) is 9.15. The van der Waals surface area contributed by atoms with Crippen molar-refractivity contribution in [2.45, 2.75) is 25.4 Å². The minimum atomic E-state index is 0.341. The highest BCUT2D eigenvalue weighted by Crippen LogP contribution is 2.08. The summed E-state index contributed by atoms with van der Waals surface area (Å²) in [6, 6.07) is 0. The van der Waals surface area contributed by atoms with E-state index >= 15 is 0 Å². The maximum absolute atomic E-state index is 5.36. The first-order chi connectivity index (χ1) is 5.93. The molecule has 0 aromatic heterocycles. The molecule has 0 aromatic carbocycles. The second-order valence-corrected chi connectivity index (χ2v) is 2.87. The average molecular weight is 165 g/mol. The first-order valence-corrected chi connectivity index (χ1v) is 4.38. The van der Waals surface area contributed by atoms with Crippen molar-refractivity contribution in [1.82, 2.24) is 5.32 Å². The van der Waals surface area contributed by atoms with Gasteiger partial charge < -0.3 is 10.1 Å². The quantitative estimate of drug-likeness (QED) is 0.500. The highest BCUT2D eigenvalue weighted by Gasteiger charge is 2.08. The van der Waals surface area contributed by atoms with Crippen LogP contribution in [0.5, 0.6) is 0 Å². The summed E-state index contributed by atoms with van der Waals surface area (Å²) in [6.45, 7) is 1.80. The lowest BCUT2D eigenvalue weighted by atomic mass is 10.1. The van der Waals surface area contributed by atoms with Gasteiger partial charge in [0, 0.05) is 19.5 Å². The third kappa shape index (κ3) is 3.45. The number of hydrogen-bond acceptors (Lipinski definition) is 2. The van der Waals surface area contributed by atoms with E-state index in [1.807, 2.05) is 0 Å². The molecule has 1 atom stereocenters. The Morgan fingerprint density at radius 1 is 1.67 bits per heavy atom. The molecule has 1 aliphatic heterocycles. The summed E-state index contributed by atoms with van der Waals surface area (Å²) in [5.74, 6) is 2.59. The van der Waals surface area contributed by atoms with Gasteiger partial charge in [-0.25, -0.2) is 0 Å². The Kier molecular flexibility index (Phi) is 4.33. The molecule has 0 aromatic rings. The van der Waals surface area contributed by atoms with Crippen LogP contribution in [0.3, 0.4) is 0 Å². The molecule has 1 aliphatic rings. The fourth-order valence-electron chi connectivity index (χ4n) is 1.16. The molecule has 0 radical (unpaired) electrons. The van der Waals surface area contributed by atoms with Crippen LogP contribution in [0.15, 0.2) is 12.3 Å². The van der Waals surface area contributed by atoms with Crippen LogP contribution >= 0.6 is 0 Å². The van der Waals surface area contributed by atoms with Crippen molar-refractivity contribution in [3.63, 3.8) is 0 Å². The van der Waals surface area contributed by atoms with Crippen molar-refractivity contribution in [3.8, 4) is 12.3 Å². The van der Waals surface area contributed by atoms with Crippen molar-refractivity contribution in [2.24, 2.45) is 0 Å². The Morgan fingerprint density at radius 3 is 3.25 bits per heavy atom. The molecule has 0 spiro atoms. The lowest BCUT2D eigenvalue weighted by molar-refractivity contribution is 0.123. The van der Waals surface area contributed by atoms with Crippen LogP contribution in [-0.4, -0.2) is 19.2 Å². The molecule has 0 saturated heterocycles. The number of allylic oxidation sites excluding steroid dienone is 1. The molecule has 1 N–H and O–H groups in total. The van der Waals surface area contributed by atoms with Crippen molar-refractivity contribution < 1.29 is 4.74 Å². The zero-order valence-electron chi connectivity index (χ0n) is 7.25. The van der Waals surface area contributed by atoms with Crippen molar-refractivity contribution >= 4 is 0 Å². The lowest BCUT2D eigenvalue weighted by Crippen LogP contribution is -2.29. The summed E-state index contributed by atoms with van der Waals surface area (Å²) in [6.07, 6.45) is 12.3. The predicted octanol–water partition coefficient (Wildman–Crippen LogP) is 1.29. The van der Waals surface area contributed by atoms with Gasteiger partial charge in [0.15, 0.2) is 0 Å². The van der Waals surface area contributed by atoms with E-state index in [0.29, 0.717) is 6.10 Å². The number of ether oxygens (including phenoxy) is 1. The van der Waals surface area contributed by atoms with Crippen molar-refractivity contribution in [3.05, 3.63) is 12.3 Å². The van der Waals surface area contributed by atoms with E-state index in [0.717, 1.165) is 32.4 Å². The number of rotatable bonds is 4. The van der Waals surface area contributed by atoms with Crippen LogP contribution < -0.4 is 5.32 Å². The van der Waals surface area contributed by atoms with Gasteiger partial charge in [0.25, 0.3) is 0 Å². The topological polar surface area (TPSA) is 21.3 Å². The molecule has 1 unspecified atom stereocenters. The first-order valence-electron chi connectivity index (χ1n) is 4.38. The third-order valence-corrected chi connectivity index (χ3v) is 1.84. The molecular formula is C10H15NO. The van der Waals surface area contributed by atoms with Crippen LogP contribution in [0.4, 0.5) is 0 Å². The van der Waals surface area contributed by atoms with Gasteiger partial charge in [-0.15, -0.1) is 12.3 Å². The van der Waals surface area contributed by atoms with Gasteiger partial charge in [-0.2, -0.15) is 0 Å². The fraction of sp³-hybridized carbons (Fsp3) is 0.600. The van der Waals surface area contributed by atoms with Gasteiger partial charge in [0.1, 0.15) is 6.10 Å². The largest absolute Gasteiger partial charge is 0.497 e. The van der Waals surface area contributed by atoms with E-state index in [-0.39, 0.29) is 0 Å². The Hall–Kier alpha value is -0.940. The van der Waals surface area contributed by atoms with Crippen molar-refractivity contribution in [2.75, 3.05) is 13.1 Å². The Balaban J connectivity index is 2.00. The monoisotopic (exact) mass is 165 g/mol. The van der Waals surface area contributed by atoms with E-state index in [1.54, 1.807) is 6.26 Å². The minimum Gasteiger partial charge on any atom is -0.497 e. The van der Waals surface area contributed by atoms with E-state index in [2.05, 4.69) is 17.3 Å². The van der Waals surface area contributed by atoms with Crippen LogP contribution in [-0.2, 0) is 4.74 Å². The van der Waals surface area contributed by atoms with Gasteiger partial charge in [-0.05, 0) is 18.9 Å². The summed E-state index contributed by atoms with van der Waals surface area (Å²) >= 11 is 0. The number of hydrogen-bond donors (Lipinski definition) is 1. The second-order valence-electron chi connectivity index (χ2n) is 2.87. The molecule has 0 fully saturated rings. The van der Waals surface area contributed by atoms with Gasteiger partial charge in [0.2, 0.25) is 0 Å². The zero-order valence-corrected chi connectivity index (χ0v) is 7.25. The summed E-state index contributed by atoms with van der Waals surface area (Å²) < 4.78 is 5.36. The SMILES string of the molecule is C#CCCNCC1CCC=CO1. The van der Waals surface area contributed by atoms with Crippen LogP contribution in [0.1, 0.15) is 19.3 Å². The Bertz CT molecular complexity index is 181. The molecule has 12 heavy (non-hydrogen) atoms. The number of terminal acetylenes is 1. The average Bonchev–Trinajstić information content (AvgIpc) is 2.14. The van der Waals surface area contributed by atoms with Crippen LogP contribution in [0.2, 0.25) is 0 Å². The van der Waals surface area contributed by atoms with E-state index < -0.39 is 0 Å². The molecular weight excluding hydrogens is 150 g/mol. The molecule has 2 nitrogen and oxygen atoms in total. The second kappa shape index (κ2) is 5.68. The standard InChI is InChI=1S/C10H15NO/c1-2-3-7-11-9-10-6-4-5-8-12-10/h1,5,8,10-11H,3-4,6-7,9H2. The smallest absolute Gasteiger partial charge is 0.110 e. The molecule has 1 heterocycles. The van der Waals surface area contributed by atoms with Gasteiger partial charge in [-0.1, -0.05) is 0 Å². The molecule has 0 amide bonds. The summed E-state index contributed by atoms with van der Waals surface area (Å²) in [7, 11) is 0. The highest BCUT2D eigenvalue weighted by molar-refractivity contribution is 4.85. The normalized spacial score (nSPS) is 21.4. The molecule has 2 heteroatoms. The van der Waals surface area contributed by atoms with Crippen molar-refractivity contribution in [1.29, 1.82) is 0 Å². The predicted molar refractivity (Wildman–Crippen MR) is 49.6 cm³/mol. The molecule has 66 valence electrons. The van der Waals surface area contributed by atoms with Gasteiger partial charge >= 0.3 is 0 Å². The Morgan fingerprint density at radius 2 is 2.58 bits per heavy atom. The van der Waals surface area contributed by atoms with Crippen LogP contribution in [0, 0.1) is 12.3 Å². The molecule has 0 aliphatic carbocycles. The van der Waals surface area contributed by atoms with E-state index in [9.17, 15) is 0 Å². The van der Waals surface area contributed by atoms with Gasteiger partial charge in [-0.3, -0.25) is 0 Å². The van der Waals surface area contributed by atoms with E-state index in [1.165, 1.54) is 0 Å². The molecule has 0 bridgehead atoms. The summed E-state index contributed by atoms with van der Waals surface area (Å²) in [4.78, 5) is 0. The zero-order chi connectivity index (χ0) is 8.65. The molecule has 1 rings (SSSR count). The van der Waals surface area contributed by atoms with E-state index in [4.69, 9.17) is 11.2 Å². The minimum absolute atomic E-state index is 0.341.